The van der Waals surface area contributed by atoms with E-state index in [1.165, 1.54) is 24.6 Å². The van der Waals surface area contributed by atoms with E-state index in [0.717, 1.165) is 25.7 Å². The van der Waals surface area contributed by atoms with E-state index >= 15 is 0 Å². The zero-order valence-corrected chi connectivity index (χ0v) is 12.3. The molecule has 0 spiro atoms. The monoisotopic (exact) mass is 297 g/mol. The molecule has 0 bridgehead atoms. The van der Waals surface area contributed by atoms with Gasteiger partial charge in [-0.25, -0.2) is 4.39 Å². The average Bonchev–Trinajstić information content (AvgIpc) is 2.47. The van der Waals surface area contributed by atoms with Crippen LogP contribution in [0.3, 0.4) is 0 Å². The van der Waals surface area contributed by atoms with Crippen molar-refractivity contribution in [2.75, 3.05) is 13.2 Å². The molecule has 0 saturated heterocycles. The first kappa shape index (κ1) is 15.3. The Balaban J connectivity index is 2.23. The van der Waals surface area contributed by atoms with Crippen LogP contribution in [0.25, 0.3) is 0 Å². The highest BCUT2D eigenvalue weighted by atomic mass is 32.1. The van der Waals surface area contributed by atoms with E-state index in [9.17, 15) is 14.3 Å². The van der Waals surface area contributed by atoms with Gasteiger partial charge in [0, 0.05) is 17.5 Å². The van der Waals surface area contributed by atoms with Crippen molar-refractivity contribution in [1.29, 1.82) is 0 Å². The first-order valence-electron chi connectivity index (χ1n) is 7.04. The molecule has 0 radical (unpaired) electrons. The number of carbonyl (C=O) groups excluding carboxylic acids is 1. The second-order valence-electron chi connectivity index (χ2n) is 5.18. The molecule has 1 fully saturated rings. The van der Waals surface area contributed by atoms with Crippen molar-refractivity contribution in [2.24, 2.45) is 0 Å². The van der Waals surface area contributed by atoms with E-state index in [2.05, 4.69) is 12.6 Å². The number of amides is 1. The van der Waals surface area contributed by atoms with E-state index in [-0.39, 0.29) is 30.7 Å². The van der Waals surface area contributed by atoms with Crippen molar-refractivity contribution >= 4 is 18.5 Å². The molecule has 1 amide bonds. The summed E-state index contributed by atoms with van der Waals surface area (Å²) in [5, 5.41) is 9.18. The van der Waals surface area contributed by atoms with Gasteiger partial charge < -0.3 is 10.0 Å². The van der Waals surface area contributed by atoms with Crippen molar-refractivity contribution in [3.63, 3.8) is 0 Å². The minimum atomic E-state index is -0.536. The third kappa shape index (κ3) is 3.52. The number of aliphatic hydroxyl groups is 1. The number of aliphatic hydroxyl groups excluding tert-OH is 1. The van der Waals surface area contributed by atoms with Crippen LogP contribution in [0.15, 0.2) is 23.1 Å². The summed E-state index contributed by atoms with van der Waals surface area (Å²) in [6, 6.07) is 4.33. The molecule has 0 unspecified atom stereocenters. The SMILES string of the molecule is O=C(c1cc(S)ccc1F)N(CCO)C1CCCCC1. The molecule has 2 rings (SSSR count). The number of hydrogen-bond donors (Lipinski definition) is 2. The van der Waals surface area contributed by atoms with Crippen molar-refractivity contribution in [3.8, 4) is 0 Å². The molecule has 5 heteroatoms. The summed E-state index contributed by atoms with van der Waals surface area (Å²) >= 11 is 4.16. The lowest BCUT2D eigenvalue weighted by Gasteiger charge is -2.34. The first-order valence-corrected chi connectivity index (χ1v) is 7.48. The Labute approximate surface area is 124 Å². The molecular weight excluding hydrogens is 277 g/mol. The van der Waals surface area contributed by atoms with Gasteiger partial charge in [-0.1, -0.05) is 19.3 Å². The molecule has 3 nitrogen and oxygen atoms in total. The second-order valence-corrected chi connectivity index (χ2v) is 5.69. The minimum Gasteiger partial charge on any atom is -0.395 e. The summed E-state index contributed by atoms with van der Waals surface area (Å²) in [5.74, 6) is -0.883. The lowest BCUT2D eigenvalue weighted by molar-refractivity contribution is 0.0580. The van der Waals surface area contributed by atoms with Crippen LogP contribution < -0.4 is 0 Å². The number of carbonyl (C=O) groups is 1. The average molecular weight is 297 g/mol. The number of hydrogen-bond acceptors (Lipinski definition) is 3. The topological polar surface area (TPSA) is 40.5 Å². The maximum Gasteiger partial charge on any atom is 0.257 e. The molecule has 1 aromatic rings. The Morgan fingerprint density at radius 1 is 1.35 bits per heavy atom. The van der Waals surface area contributed by atoms with Gasteiger partial charge in [0.2, 0.25) is 0 Å². The Morgan fingerprint density at radius 2 is 2.05 bits per heavy atom. The van der Waals surface area contributed by atoms with Gasteiger partial charge in [-0.2, -0.15) is 0 Å². The summed E-state index contributed by atoms with van der Waals surface area (Å²) in [7, 11) is 0. The molecule has 0 aliphatic heterocycles. The van der Waals surface area contributed by atoms with E-state index in [1.54, 1.807) is 4.90 Å². The third-order valence-corrected chi connectivity index (χ3v) is 4.08. The van der Waals surface area contributed by atoms with Gasteiger partial charge >= 0.3 is 0 Å². The third-order valence-electron chi connectivity index (χ3n) is 3.80. The van der Waals surface area contributed by atoms with Crippen LogP contribution in [0.2, 0.25) is 0 Å². The second kappa shape index (κ2) is 7.09. The van der Waals surface area contributed by atoms with Crippen molar-refractivity contribution < 1.29 is 14.3 Å². The van der Waals surface area contributed by atoms with Crippen LogP contribution in [0.5, 0.6) is 0 Å². The predicted octanol–water partition coefficient (Wildman–Crippen LogP) is 2.88. The minimum absolute atomic E-state index is 0.0384. The lowest BCUT2D eigenvalue weighted by Crippen LogP contribution is -2.43. The van der Waals surface area contributed by atoms with E-state index < -0.39 is 5.82 Å². The Hall–Kier alpha value is -1.07. The van der Waals surface area contributed by atoms with Gasteiger partial charge in [-0.05, 0) is 31.0 Å². The standard InChI is InChI=1S/C15H20FNO2S/c16-14-7-6-12(20)10-13(14)15(19)17(8-9-18)11-4-2-1-3-5-11/h6-7,10-11,18,20H,1-5,8-9H2. The summed E-state index contributed by atoms with van der Waals surface area (Å²) in [6.45, 7) is 0.143. The smallest absolute Gasteiger partial charge is 0.257 e. The van der Waals surface area contributed by atoms with Crippen molar-refractivity contribution in [3.05, 3.63) is 29.6 Å². The Kier molecular flexibility index (Phi) is 5.43. The molecule has 0 heterocycles. The van der Waals surface area contributed by atoms with Gasteiger partial charge in [-0.15, -0.1) is 12.6 Å². The van der Waals surface area contributed by atoms with Crippen molar-refractivity contribution in [1.82, 2.24) is 4.90 Å². The van der Waals surface area contributed by atoms with Gasteiger partial charge in [0.25, 0.3) is 5.91 Å². The largest absolute Gasteiger partial charge is 0.395 e. The highest BCUT2D eigenvalue weighted by molar-refractivity contribution is 7.80. The molecule has 0 atom stereocenters. The molecule has 1 aliphatic rings. The zero-order valence-electron chi connectivity index (χ0n) is 11.4. The first-order chi connectivity index (χ1) is 9.63. The summed E-state index contributed by atoms with van der Waals surface area (Å²) in [4.78, 5) is 14.7. The zero-order chi connectivity index (χ0) is 14.5. The molecule has 20 heavy (non-hydrogen) atoms. The number of halogens is 1. The van der Waals surface area contributed by atoms with Crippen LogP contribution in [0.1, 0.15) is 42.5 Å². The summed E-state index contributed by atoms with van der Waals surface area (Å²) in [6.07, 6.45) is 5.18. The maximum absolute atomic E-state index is 13.8. The molecule has 1 aliphatic carbocycles. The fraction of sp³-hybridized carbons (Fsp3) is 0.533. The van der Waals surface area contributed by atoms with Crippen LogP contribution in [-0.4, -0.2) is 35.1 Å². The molecular formula is C15H20FNO2S. The highest BCUT2D eigenvalue weighted by Gasteiger charge is 2.27. The molecule has 1 N–H and O–H groups in total. The molecule has 110 valence electrons. The Bertz CT molecular complexity index is 475. The van der Waals surface area contributed by atoms with E-state index in [0.29, 0.717) is 4.90 Å². The van der Waals surface area contributed by atoms with Crippen LogP contribution >= 0.6 is 12.6 Å². The molecule has 1 aromatic carbocycles. The highest BCUT2D eigenvalue weighted by Crippen LogP contribution is 2.25. The fourth-order valence-electron chi connectivity index (χ4n) is 2.78. The predicted molar refractivity (Wildman–Crippen MR) is 78.6 cm³/mol. The normalized spacial score (nSPS) is 16.1. The quantitative estimate of drug-likeness (QED) is 0.839. The summed E-state index contributed by atoms with van der Waals surface area (Å²) < 4.78 is 13.8. The Morgan fingerprint density at radius 3 is 2.70 bits per heavy atom. The van der Waals surface area contributed by atoms with E-state index in [1.807, 2.05) is 0 Å². The number of thiol groups is 1. The van der Waals surface area contributed by atoms with Crippen LogP contribution in [-0.2, 0) is 0 Å². The number of benzene rings is 1. The van der Waals surface area contributed by atoms with Gasteiger partial charge in [-0.3, -0.25) is 4.79 Å². The van der Waals surface area contributed by atoms with Gasteiger partial charge in [0.15, 0.2) is 0 Å². The van der Waals surface area contributed by atoms with Crippen molar-refractivity contribution in [2.45, 2.75) is 43.0 Å². The lowest BCUT2D eigenvalue weighted by atomic mass is 9.93. The van der Waals surface area contributed by atoms with Gasteiger partial charge in [0.05, 0.1) is 12.2 Å². The van der Waals surface area contributed by atoms with Crippen LogP contribution in [0.4, 0.5) is 4.39 Å². The van der Waals surface area contributed by atoms with Crippen LogP contribution in [0, 0.1) is 5.82 Å². The molecule has 0 aromatic heterocycles. The number of nitrogens with zero attached hydrogens (tertiary/aromatic N) is 1. The maximum atomic E-state index is 13.8. The van der Waals surface area contributed by atoms with E-state index in [4.69, 9.17) is 0 Å². The summed E-state index contributed by atoms with van der Waals surface area (Å²) in [5.41, 5.74) is 0.0384. The van der Waals surface area contributed by atoms with Gasteiger partial charge in [0.1, 0.15) is 5.82 Å². The molecule has 1 saturated carbocycles. The number of rotatable bonds is 4. The fourth-order valence-corrected chi connectivity index (χ4v) is 2.99.